The van der Waals surface area contributed by atoms with Crippen LogP contribution >= 0.6 is 0 Å². The van der Waals surface area contributed by atoms with Crippen molar-refractivity contribution >= 4 is 5.69 Å². The van der Waals surface area contributed by atoms with E-state index in [1.54, 1.807) is 0 Å². The zero-order valence-electron chi connectivity index (χ0n) is 17.4. The number of aryl methyl sites for hydroxylation is 1. The molecule has 2 heterocycles. The number of benzene rings is 2. The van der Waals surface area contributed by atoms with Crippen LogP contribution in [0.3, 0.4) is 0 Å². The summed E-state index contributed by atoms with van der Waals surface area (Å²) in [6.45, 7) is 9.87. The largest absolute Gasteiger partial charge is 0.371 e. The Kier molecular flexibility index (Phi) is 6.03. The van der Waals surface area contributed by atoms with Crippen molar-refractivity contribution in [3.63, 3.8) is 0 Å². The fraction of sp³-hybridized carbons (Fsp3) is 0.520. The normalized spacial score (nSPS) is 25.9. The first-order valence-electron chi connectivity index (χ1n) is 10.9. The Morgan fingerprint density at radius 1 is 1.00 bits per heavy atom. The molecule has 28 heavy (non-hydrogen) atoms. The molecule has 0 radical (unpaired) electrons. The van der Waals surface area contributed by atoms with Crippen molar-refractivity contribution in [2.24, 2.45) is 5.92 Å². The molecular weight excluding hydrogens is 344 g/mol. The van der Waals surface area contributed by atoms with E-state index >= 15 is 0 Å². The molecule has 2 aliphatic rings. The topological polar surface area (TPSA) is 15.7 Å². The number of anilines is 1. The smallest absolute Gasteiger partial charge is 0.119 e. The summed E-state index contributed by atoms with van der Waals surface area (Å²) < 4.78 is 6.52. The predicted octanol–water partition coefficient (Wildman–Crippen LogP) is 5.24. The first kappa shape index (κ1) is 19.5. The maximum absolute atomic E-state index is 6.52. The van der Waals surface area contributed by atoms with Gasteiger partial charge in [-0.1, -0.05) is 48.5 Å². The lowest BCUT2D eigenvalue weighted by Gasteiger charge is -2.45. The minimum atomic E-state index is -0.135. The Balaban J connectivity index is 1.38. The maximum Gasteiger partial charge on any atom is 0.119 e. The summed E-state index contributed by atoms with van der Waals surface area (Å²) in [5.41, 5.74) is 3.93. The third-order valence-corrected chi connectivity index (χ3v) is 6.60. The highest BCUT2D eigenvalue weighted by atomic mass is 16.5. The molecule has 2 saturated heterocycles. The van der Waals surface area contributed by atoms with E-state index in [9.17, 15) is 0 Å². The van der Waals surface area contributed by atoms with Crippen LogP contribution in [0.2, 0.25) is 0 Å². The third-order valence-electron chi connectivity index (χ3n) is 6.60. The highest BCUT2D eigenvalue weighted by Gasteiger charge is 2.37. The molecule has 0 amide bonds. The molecule has 2 unspecified atom stereocenters. The molecule has 150 valence electrons. The molecule has 2 aromatic rings. The van der Waals surface area contributed by atoms with E-state index in [0.717, 1.165) is 32.0 Å². The van der Waals surface area contributed by atoms with Gasteiger partial charge >= 0.3 is 0 Å². The number of rotatable bonds is 6. The Hall–Kier alpha value is -1.84. The van der Waals surface area contributed by atoms with Gasteiger partial charge in [0.25, 0.3) is 0 Å². The molecule has 0 bridgehead atoms. The standard InChI is InChI=1S/C25H34N2O/c1-21-10-6-7-13-24(21)26-17-14-23(18-26)19-27-16-9-8-15-25(27,2)28-20-22-11-4-3-5-12-22/h3-7,10-13,23H,8-9,14-20H2,1-2H3. The summed E-state index contributed by atoms with van der Waals surface area (Å²) in [7, 11) is 0. The van der Waals surface area contributed by atoms with Crippen molar-refractivity contribution in [1.29, 1.82) is 0 Å². The molecule has 3 nitrogen and oxygen atoms in total. The van der Waals surface area contributed by atoms with Crippen molar-refractivity contribution in [3.05, 3.63) is 65.7 Å². The number of para-hydroxylation sites is 1. The zero-order valence-corrected chi connectivity index (χ0v) is 17.4. The highest BCUT2D eigenvalue weighted by molar-refractivity contribution is 5.53. The van der Waals surface area contributed by atoms with Gasteiger partial charge in [-0.25, -0.2) is 0 Å². The van der Waals surface area contributed by atoms with Crippen molar-refractivity contribution < 1.29 is 4.74 Å². The molecule has 0 N–H and O–H groups in total. The van der Waals surface area contributed by atoms with Crippen LogP contribution in [-0.4, -0.2) is 36.8 Å². The number of hydrogen-bond donors (Lipinski definition) is 0. The average molecular weight is 379 g/mol. The molecule has 2 aromatic carbocycles. The molecule has 2 aliphatic heterocycles. The molecule has 2 fully saturated rings. The van der Waals surface area contributed by atoms with Crippen molar-refractivity contribution in [2.45, 2.75) is 51.9 Å². The van der Waals surface area contributed by atoms with Gasteiger partial charge in [0, 0.05) is 31.9 Å². The van der Waals surface area contributed by atoms with Crippen molar-refractivity contribution in [3.8, 4) is 0 Å². The van der Waals surface area contributed by atoms with Gasteiger partial charge in [0.15, 0.2) is 0 Å². The third kappa shape index (κ3) is 4.42. The van der Waals surface area contributed by atoms with E-state index in [-0.39, 0.29) is 5.72 Å². The number of hydrogen-bond acceptors (Lipinski definition) is 3. The summed E-state index contributed by atoms with van der Waals surface area (Å²) in [5, 5.41) is 0. The second-order valence-electron chi connectivity index (χ2n) is 8.74. The van der Waals surface area contributed by atoms with Gasteiger partial charge in [0.05, 0.1) is 6.61 Å². The lowest BCUT2D eigenvalue weighted by atomic mass is 9.97. The van der Waals surface area contributed by atoms with E-state index in [0.29, 0.717) is 6.61 Å². The van der Waals surface area contributed by atoms with Crippen LogP contribution in [0.15, 0.2) is 54.6 Å². The van der Waals surface area contributed by atoms with Crippen molar-refractivity contribution in [1.82, 2.24) is 4.90 Å². The first-order valence-corrected chi connectivity index (χ1v) is 10.9. The predicted molar refractivity (Wildman–Crippen MR) is 117 cm³/mol. The summed E-state index contributed by atoms with van der Waals surface area (Å²) >= 11 is 0. The van der Waals surface area contributed by atoms with Crippen LogP contribution < -0.4 is 4.90 Å². The zero-order chi connectivity index (χ0) is 19.4. The van der Waals surface area contributed by atoms with E-state index in [2.05, 4.69) is 78.2 Å². The lowest BCUT2D eigenvalue weighted by molar-refractivity contribution is -0.174. The van der Waals surface area contributed by atoms with E-state index in [1.807, 2.05) is 0 Å². The number of piperidine rings is 1. The fourth-order valence-corrected chi connectivity index (χ4v) is 4.84. The molecular formula is C25H34N2O. The Bertz CT molecular complexity index is 762. The maximum atomic E-state index is 6.52. The highest BCUT2D eigenvalue weighted by Crippen LogP contribution is 2.33. The van der Waals surface area contributed by atoms with Crippen LogP contribution in [0.1, 0.15) is 43.7 Å². The van der Waals surface area contributed by atoms with Gasteiger partial charge in [0.2, 0.25) is 0 Å². The first-order chi connectivity index (χ1) is 13.6. The van der Waals surface area contributed by atoms with Gasteiger partial charge < -0.3 is 9.64 Å². The molecule has 3 heteroatoms. The summed E-state index contributed by atoms with van der Waals surface area (Å²) in [5.74, 6) is 0.720. The van der Waals surface area contributed by atoms with Crippen LogP contribution in [0.5, 0.6) is 0 Å². The SMILES string of the molecule is Cc1ccccc1N1CCC(CN2CCCCC2(C)OCc2ccccc2)C1. The minimum Gasteiger partial charge on any atom is -0.371 e. The fourth-order valence-electron chi connectivity index (χ4n) is 4.84. The van der Waals surface area contributed by atoms with Crippen LogP contribution in [0.4, 0.5) is 5.69 Å². The van der Waals surface area contributed by atoms with Gasteiger partial charge in [-0.2, -0.15) is 0 Å². The van der Waals surface area contributed by atoms with Gasteiger partial charge in [-0.3, -0.25) is 4.90 Å². The second-order valence-corrected chi connectivity index (χ2v) is 8.74. The minimum absolute atomic E-state index is 0.135. The average Bonchev–Trinajstić information content (AvgIpc) is 3.18. The van der Waals surface area contributed by atoms with Crippen LogP contribution in [-0.2, 0) is 11.3 Å². The van der Waals surface area contributed by atoms with Crippen molar-refractivity contribution in [2.75, 3.05) is 31.1 Å². The van der Waals surface area contributed by atoms with Gasteiger partial charge in [-0.05, 0) is 62.6 Å². The second kappa shape index (κ2) is 8.67. The van der Waals surface area contributed by atoms with Crippen LogP contribution in [0, 0.1) is 12.8 Å². The molecule has 4 rings (SSSR count). The molecule has 0 aromatic heterocycles. The Morgan fingerprint density at radius 3 is 2.61 bits per heavy atom. The van der Waals surface area contributed by atoms with E-state index < -0.39 is 0 Å². The Labute approximate surface area is 170 Å². The monoisotopic (exact) mass is 378 g/mol. The molecule has 0 aliphatic carbocycles. The van der Waals surface area contributed by atoms with Crippen LogP contribution in [0.25, 0.3) is 0 Å². The summed E-state index contributed by atoms with van der Waals surface area (Å²) in [6, 6.07) is 19.4. The lowest BCUT2D eigenvalue weighted by Crippen LogP contribution is -2.53. The van der Waals surface area contributed by atoms with Gasteiger partial charge in [0.1, 0.15) is 5.72 Å². The molecule has 0 spiro atoms. The number of nitrogens with zero attached hydrogens (tertiary/aromatic N) is 2. The molecule has 0 saturated carbocycles. The van der Waals surface area contributed by atoms with E-state index in [1.165, 1.54) is 42.6 Å². The number of likely N-dealkylation sites (tertiary alicyclic amines) is 1. The number of ether oxygens (including phenoxy) is 1. The van der Waals surface area contributed by atoms with Gasteiger partial charge in [-0.15, -0.1) is 0 Å². The summed E-state index contributed by atoms with van der Waals surface area (Å²) in [6.07, 6.45) is 4.97. The van der Waals surface area contributed by atoms with E-state index in [4.69, 9.17) is 4.74 Å². The summed E-state index contributed by atoms with van der Waals surface area (Å²) in [4.78, 5) is 5.21. The Morgan fingerprint density at radius 2 is 1.79 bits per heavy atom. The quantitative estimate of drug-likeness (QED) is 0.684. The molecule has 2 atom stereocenters.